The molecule has 0 aliphatic carbocycles. The highest BCUT2D eigenvalue weighted by Gasteiger charge is 2.21. The van der Waals surface area contributed by atoms with Gasteiger partial charge in [0.25, 0.3) is 0 Å². The Morgan fingerprint density at radius 1 is 1.54 bits per heavy atom. The summed E-state index contributed by atoms with van der Waals surface area (Å²) in [6, 6.07) is 0. The molecule has 0 aliphatic rings. The van der Waals surface area contributed by atoms with Crippen molar-refractivity contribution < 1.29 is 0 Å². The number of hydrogen-bond donors (Lipinski definition) is 1. The van der Waals surface area contributed by atoms with E-state index in [0.29, 0.717) is 6.54 Å². The lowest BCUT2D eigenvalue weighted by Crippen LogP contribution is -2.26. The number of aromatic nitrogens is 1. The highest BCUT2D eigenvalue weighted by Crippen LogP contribution is 2.30. The van der Waals surface area contributed by atoms with Crippen molar-refractivity contribution in [2.75, 3.05) is 25.5 Å². The Morgan fingerprint density at radius 3 is 2.54 bits per heavy atom. The van der Waals surface area contributed by atoms with E-state index in [9.17, 15) is 0 Å². The first-order chi connectivity index (χ1) is 5.97. The van der Waals surface area contributed by atoms with Gasteiger partial charge in [-0.15, -0.1) is 11.3 Å². The first-order valence-corrected chi connectivity index (χ1v) is 5.13. The molecule has 1 rings (SSSR count). The number of anilines is 1. The average molecular weight is 199 g/mol. The number of rotatable bonds is 3. The van der Waals surface area contributed by atoms with Crippen molar-refractivity contribution in [3.63, 3.8) is 0 Å². The molecule has 0 fully saturated rings. The minimum absolute atomic E-state index is 0.0475. The van der Waals surface area contributed by atoms with E-state index in [2.05, 4.69) is 18.8 Å². The van der Waals surface area contributed by atoms with E-state index in [1.807, 2.05) is 25.2 Å². The molecule has 4 heteroatoms. The summed E-state index contributed by atoms with van der Waals surface area (Å²) in [7, 11) is 4.00. The van der Waals surface area contributed by atoms with E-state index in [4.69, 9.17) is 5.73 Å². The van der Waals surface area contributed by atoms with Crippen LogP contribution in [0.15, 0.2) is 6.20 Å². The number of nitrogens with zero attached hydrogens (tertiary/aromatic N) is 2. The molecule has 0 saturated carbocycles. The second kappa shape index (κ2) is 3.64. The minimum atomic E-state index is 0.0475. The molecule has 0 aromatic carbocycles. The molecule has 0 unspecified atom stereocenters. The highest BCUT2D eigenvalue weighted by atomic mass is 32.1. The molecule has 0 radical (unpaired) electrons. The first-order valence-electron chi connectivity index (χ1n) is 4.31. The van der Waals surface area contributed by atoms with Crippen LogP contribution in [-0.4, -0.2) is 25.6 Å². The average Bonchev–Trinajstić information content (AvgIpc) is 2.52. The maximum absolute atomic E-state index is 5.69. The molecule has 0 saturated heterocycles. The topological polar surface area (TPSA) is 42.2 Å². The van der Waals surface area contributed by atoms with Crippen LogP contribution in [-0.2, 0) is 5.41 Å². The lowest BCUT2D eigenvalue weighted by Gasteiger charge is -2.19. The van der Waals surface area contributed by atoms with Gasteiger partial charge < -0.3 is 10.6 Å². The van der Waals surface area contributed by atoms with Crippen molar-refractivity contribution in [3.8, 4) is 0 Å². The molecule has 13 heavy (non-hydrogen) atoms. The summed E-state index contributed by atoms with van der Waals surface area (Å²) in [4.78, 5) is 7.58. The molecule has 3 nitrogen and oxygen atoms in total. The van der Waals surface area contributed by atoms with Crippen LogP contribution in [0.2, 0.25) is 0 Å². The Balaban J connectivity index is 2.91. The summed E-state index contributed by atoms with van der Waals surface area (Å²) in [6.07, 6.45) is 1.92. The molecular formula is C9H17N3S. The van der Waals surface area contributed by atoms with Gasteiger partial charge in [0.1, 0.15) is 0 Å². The smallest absolute Gasteiger partial charge is 0.184 e. The van der Waals surface area contributed by atoms with Crippen LogP contribution >= 0.6 is 11.3 Å². The Kier molecular flexibility index (Phi) is 2.93. The molecule has 0 aliphatic heterocycles. The van der Waals surface area contributed by atoms with Gasteiger partial charge in [-0.05, 0) is 0 Å². The van der Waals surface area contributed by atoms with E-state index in [1.54, 1.807) is 11.3 Å². The van der Waals surface area contributed by atoms with Gasteiger partial charge in [-0.25, -0.2) is 4.98 Å². The molecule has 2 N–H and O–H groups in total. The molecule has 1 heterocycles. The fourth-order valence-electron chi connectivity index (χ4n) is 0.885. The third-order valence-corrected chi connectivity index (χ3v) is 3.58. The van der Waals surface area contributed by atoms with Gasteiger partial charge in [0.05, 0.1) is 0 Å². The van der Waals surface area contributed by atoms with E-state index < -0.39 is 0 Å². The van der Waals surface area contributed by atoms with Crippen molar-refractivity contribution in [3.05, 3.63) is 11.1 Å². The summed E-state index contributed by atoms with van der Waals surface area (Å²) < 4.78 is 0. The Hall–Kier alpha value is -0.610. The van der Waals surface area contributed by atoms with Crippen molar-refractivity contribution >= 4 is 16.5 Å². The van der Waals surface area contributed by atoms with E-state index in [-0.39, 0.29) is 5.41 Å². The second-order valence-electron chi connectivity index (χ2n) is 3.99. The van der Waals surface area contributed by atoms with E-state index >= 15 is 0 Å². The fraction of sp³-hybridized carbons (Fsp3) is 0.667. The summed E-state index contributed by atoms with van der Waals surface area (Å²) in [5.74, 6) is 0. The van der Waals surface area contributed by atoms with Gasteiger partial charge in [0.15, 0.2) is 5.13 Å². The Labute approximate surface area is 83.6 Å². The summed E-state index contributed by atoms with van der Waals surface area (Å²) in [6.45, 7) is 4.93. The maximum atomic E-state index is 5.69. The highest BCUT2D eigenvalue weighted by molar-refractivity contribution is 7.15. The van der Waals surface area contributed by atoms with Crippen LogP contribution in [0.3, 0.4) is 0 Å². The largest absolute Gasteiger partial charge is 0.354 e. The van der Waals surface area contributed by atoms with Crippen LogP contribution in [0.1, 0.15) is 18.7 Å². The van der Waals surface area contributed by atoms with Gasteiger partial charge in [-0.3, -0.25) is 0 Å². The zero-order valence-corrected chi connectivity index (χ0v) is 9.48. The molecule has 0 atom stereocenters. The second-order valence-corrected chi connectivity index (χ2v) is 5.00. The predicted molar refractivity (Wildman–Crippen MR) is 58.5 cm³/mol. The minimum Gasteiger partial charge on any atom is -0.354 e. The summed E-state index contributed by atoms with van der Waals surface area (Å²) in [5, 5.41) is 1.04. The Bertz CT molecular complexity index is 278. The Morgan fingerprint density at radius 2 is 2.15 bits per heavy atom. The predicted octanol–water partition coefficient (Wildman–Crippen LogP) is 1.45. The van der Waals surface area contributed by atoms with E-state index in [1.165, 1.54) is 4.88 Å². The lowest BCUT2D eigenvalue weighted by molar-refractivity contribution is 0.549. The SMILES string of the molecule is CN(C)c1ncc(C(C)(C)CN)s1. The molecular weight excluding hydrogens is 182 g/mol. The molecule has 1 aromatic heterocycles. The zero-order chi connectivity index (χ0) is 10.1. The normalized spacial score (nSPS) is 11.8. The van der Waals surface area contributed by atoms with Crippen LogP contribution in [0.4, 0.5) is 5.13 Å². The first kappa shape index (κ1) is 10.5. The van der Waals surface area contributed by atoms with Gasteiger partial charge in [-0.2, -0.15) is 0 Å². The van der Waals surface area contributed by atoms with Gasteiger partial charge in [0, 0.05) is 37.1 Å². The quantitative estimate of drug-likeness (QED) is 0.801. The fourth-order valence-corrected chi connectivity index (χ4v) is 1.83. The molecule has 1 aromatic rings. The van der Waals surface area contributed by atoms with Crippen LogP contribution in [0.5, 0.6) is 0 Å². The summed E-state index contributed by atoms with van der Waals surface area (Å²) >= 11 is 1.71. The van der Waals surface area contributed by atoms with Crippen molar-refractivity contribution in [2.45, 2.75) is 19.3 Å². The van der Waals surface area contributed by atoms with Gasteiger partial charge >= 0.3 is 0 Å². The third kappa shape index (κ3) is 2.19. The van der Waals surface area contributed by atoms with Crippen molar-refractivity contribution in [1.82, 2.24) is 4.98 Å². The van der Waals surface area contributed by atoms with Crippen LogP contribution in [0, 0.1) is 0 Å². The standard InChI is InChI=1S/C9H17N3S/c1-9(2,6-10)7-5-11-8(13-7)12(3)4/h5H,6,10H2,1-4H3. The number of hydrogen-bond acceptors (Lipinski definition) is 4. The maximum Gasteiger partial charge on any atom is 0.184 e. The molecule has 0 bridgehead atoms. The van der Waals surface area contributed by atoms with Crippen molar-refractivity contribution in [1.29, 1.82) is 0 Å². The summed E-state index contributed by atoms with van der Waals surface area (Å²) in [5.41, 5.74) is 5.74. The van der Waals surface area contributed by atoms with Crippen LogP contribution in [0.25, 0.3) is 0 Å². The lowest BCUT2D eigenvalue weighted by atomic mass is 9.93. The molecule has 74 valence electrons. The van der Waals surface area contributed by atoms with Crippen molar-refractivity contribution in [2.24, 2.45) is 5.73 Å². The van der Waals surface area contributed by atoms with Gasteiger partial charge in [-0.1, -0.05) is 13.8 Å². The van der Waals surface area contributed by atoms with E-state index in [0.717, 1.165) is 5.13 Å². The third-order valence-electron chi connectivity index (χ3n) is 2.05. The van der Waals surface area contributed by atoms with Crippen LogP contribution < -0.4 is 10.6 Å². The molecule has 0 spiro atoms. The zero-order valence-electron chi connectivity index (χ0n) is 8.66. The number of thiazole rings is 1. The molecule has 0 amide bonds. The monoisotopic (exact) mass is 199 g/mol. The van der Waals surface area contributed by atoms with Gasteiger partial charge in [0.2, 0.25) is 0 Å². The number of nitrogens with two attached hydrogens (primary N) is 1.